The molecule has 10 nitrogen and oxygen atoms in total. The number of ketones is 1. The van der Waals surface area contributed by atoms with Gasteiger partial charge in [-0.25, -0.2) is 13.2 Å². The molecule has 2 heterocycles. The van der Waals surface area contributed by atoms with E-state index in [1.165, 1.54) is 18.3 Å². The predicted octanol–water partition coefficient (Wildman–Crippen LogP) is 6.92. The maximum atomic E-state index is 15.0. The first kappa shape index (κ1) is 32.3. The molecule has 0 aliphatic rings. The number of methoxy groups -OCH3 is 1. The van der Waals surface area contributed by atoms with Crippen molar-refractivity contribution in [2.45, 2.75) is 61.2 Å². The van der Waals surface area contributed by atoms with E-state index in [4.69, 9.17) is 10.2 Å². The van der Waals surface area contributed by atoms with Crippen LogP contribution >= 0.6 is 11.3 Å². The number of nitrogens with one attached hydrogen (secondary N) is 2. The van der Waals surface area contributed by atoms with Gasteiger partial charge < -0.3 is 15.2 Å². The van der Waals surface area contributed by atoms with Gasteiger partial charge in [0.05, 0.1) is 42.3 Å². The Labute approximate surface area is 302 Å². The van der Waals surface area contributed by atoms with E-state index in [0.717, 1.165) is 32.2 Å². The van der Waals surface area contributed by atoms with E-state index in [-0.39, 0.29) is 9.18 Å². The lowest BCUT2D eigenvalue weighted by atomic mass is 9.81. The quantitative estimate of drug-likeness (QED) is 0.112. The number of carbonyl (C=O) groups is 2. The minimum Gasteiger partial charge on any atom is -0.453 e. The minimum absolute atomic E-state index is 0.217. The van der Waals surface area contributed by atoms with Crippen LogP contribution in [0.25, 0.3) is 10.9 Å². The number of alkyl halides is 3. The molecular weight excluding hydrogens is 706 g/mol. The molecule has 5 rings (SSSR count). The van der Waals surface area contributed by atoms with E-state index in [9.17, 15) is 36.3 Å². The molecule has 0 bridgehead atoms. The molecule has 0 saturated heterocycles. The Morgan fingerprint density at radius 1 is 1.04 bits per heavy atom. The molecule has 0 spiro atoms. The topological polar surface area (TPSA) is 142 Å². The maximum absolute atomic E-state index is 15.0. The molecule has 51 heavy (non-hydrogen) atoms. The molecule has 15 heteroatoms. The van der Waals surface area contributed by atoms with Crippen LogP contribution in [0.15, 0.2) is 102 Å². The number of halogens is 3. The van der Waals surface area contributed by atoms with Gasteiger partial charge in [-0.05, 0) is 55.2 Å². The Morgan fingerprint density at radius 2 is 1.67 bits per heavy atom. The number of alkyl carbamates (subject to hydrolysis) is 1. The highest BCUT2D eigenvalue weighted by Gasteiger charge is 2.46. The standard InChI is InChI=1S/C36H37F3N4O6S2/c1-22(2)43(51(47,48)26-14-15-28-25(18-26)20-40-42-28)29(21-44)32-17-16-31(50-32)27(36(37,38)39)19-30(45)34(41-35(46)49-3)33(23-10-6-4-7-11-23)24-12-8-5-9-13-24/h4-18,20,22,27,29,33-34,44H,19,21H2,1-3H3,(H,40,42)(H,41,46)/t27-,29-,34-/m1/s1/i1D3,22D/t22?,27-,29-,34-. The van der Waals surface area contributed by atoms with Gasteiger partial charge in [0.25, 0.3) is 0 Å². The summed E-state index contributed by atoms with van der Waals surface area (Å²) >= 11 is 0.412. The number of hydrogen-bond donors (Lipinski definition) is 3. The monoisotopic (exact) mass is 746 g/mol. The summed E-state index contributed by atoms with van der Waals surface area (Å²) in [6.45, 7) is -3.61. The summed E-state index contributed by atoms with van der Waals surface area (Å²) in [6, 6.07) is 16.4. The van der Waals surface area contributed by atoms with Crippen molar-refractivity contribution in [3.8, 4) is 0 Å². The number of amides is 1. The summed E-state index contributed by atoms with van der Waals surface area (Å²) in [5.74, 6) is -4.42. The third-order valence-corrected chi connectivity index (χ3v) is 11.5. The molecule has 270 valence electrons. The summed E-state index contributed by atoms with van der Waals surface area (Å²) in [7, 11) is -3.91. The fraction of sp³-hybridized carbons (Fsp3) is 0.306. The van der Waals surface area contributed by atoms with Crippen LogP contribution in [0, 0.1) is 0 Å². The van der Waals surface area contributed by atoms with Crippen LogP contribution in [0.2, 0.25) is 0 Å². The molecule has 3 N–H and O–H groups in total. The second-order valence-electron chi connectivity index (χ2n) is 11.6. The third-order valence-electron chi connectivity index (χ3n) is 8.33. The van der Waals surface area contributed by atoms with Crippen LogP contribution in [0.4, 0.5) is 18.0 Å². The summed E-state index contributed by atoms with van der Waals surface area (Å²) in [5, 5.41) is 19.9. The number of Topliss-reactive ketones (excluding diaryl/α,β-unsaturated/α-hetero) is 1. The predicted molar refractivity (Wildman–Crippen MR) is 187 cm³/mol. The number of aliphatic hydroxyl groups is 1. The first-order valence-electron chi connectivity index (χ1n) is 17.5. The number of ether oxygens (including phenoxy) is 1. The lowest BCUT2D eigenvalue weighted by Crippen LogP contribution is -2.46. The average molecular weight is 747 g/mol. The van der Waals surface area contributed by atoms with E-state index >= 15 is 0 Å². The summed E-state index contributed by atoms with van der Waals surface area (Å²) in [5.41, 5.74) is 1.50. The fourth-order valence-electron chi connectivity index (χ4n) is 5.93. The minimum atomic E-state index is -5.05. The van der Waals surface area contributed by atoms with Crippen molar-refractivity contribution in [3.05, 3.63) is 118 Å². The molecular formula is C36H37F3N4O6S2. The van der Waals surface area contributed by atoms with E-state index in [2.05, 4.69) is 15.5 Å². The Bertz CT molecular complexity index is 2180. The zero-order valence-corrected chi connectivity index (χ0v) is 28.9. The van der Waals surface area contributed by atoms with Gasteiger partial charge in [0, 0.05) is 39.0 Å². The highest BCUT2D eigenvalue weighted by atomic mass is 32.2. The zero-order chi connectivity index (χ0) is 40.3. The van der Waals surface area contributed by atoms with Crippen LogP contribution < -0.4 is 5.32 Å². The number of aromatic nitrogens is 2. The molecule has 4 atom stereocenters. The van der Waals surface area contributed by atoms with Gasteiger partial charge in [0.2, 0.25) is 10.0 Å². The largest absolute Gasteiger partial charge is 0.453 e. The maximum Gasteiger partial charge on any atom is 0.407 e. The van der Waals surface area contributed by atoms with E-state index in [1.54, 1.807) is 60.7 Å². The lowest BCUT2D eigenvalue weighted by Gasteiger charge is -2.32. The number of aromatic amines is 1. The van der Waals surface area contributed by atoms with E-state index in [1.807, 2.05) is 0 Å². The van der Waals surface area contributed by atoms with Crippen LogP contribution in [0.5, 0.6) is 0 Å². The van der Waals surface area contributed by atoms with Gasteiger partial charge in [0.15, 0.2) is 5.78 Å². The second kappa shape index (κ2) is 15.8. The molecule has 2 aromatic heterocycles. The molecule has 0 fully saturated rings. The smallest absolute Gasteiger partial charge is 0.407 e. The number of H-pyrrole nitrogens is 1. The van der Waals surface area contributed by atoms with Crippen molar-refractivity contribution in [2.24, 2.45) is 0 Å². The Morgan fingerprint density at radius 3 is 2.24 bits per heavy atom. The number of rotatable bonds is 14. The Kier molecular flexibility index (Phi) is 10.00. The number of carbonyl (C=O) groups excluding carboxylic acids is 2. The van der Waals surface area contributed by atoms with Crippen molar-refractivity contribution in [1.82, 2.24) is 19.8 Å². The molecule has 1 amide bonds. The van der Waals surface area contributed by atoms with Gasteiger partial charge in [-0.15, -0.1) is 11.3 Å². The van der Waals surface area contributed by atoms with Crippen LogP contribution in [0.1, 0.15) is 64.4 Å². The number of nitrogens with zero attached hydrogens (tertiary/aromatic N) is 2. The molecule has 0 aliphatic carbocycles. The summed E-state index contributed by atoms with van der Waals surface area (Å²) in [6.07, 6.45) is -5.95. The van der Waals surface area contributed by atoms with Crippen molar-refractivity contribution in [1.29, 1.82) is 0 Å². The average Bonchev–Trinajstić information content (AvgIpc) is 3.82. The number of sulfonamides is 1. The van der Waals surface area contributed by atoms with Gasteiger partial charge in [-0.2, -0.15) is 22.6 Å². The number of aliphatic hydroxyl groups excluding tert-OH is 1. The number of fused-ring (bicyclic) bond motifs is 1. The van der Waals surface area contributed by atoms with Crippen LogP contribution in [-0.2, 0) is 19.6 Å². The van der Waals surface area contributed by atoms with Gasteiger partial charge in [-0.3, -0.25) is 9.89 Å². The van der Waals surface area contributed by atoms with Crippen molar-refractivity contribution in [3.63, 3.8) is 0 Å². The first-order valence-corrected chi connectivity index (χ1v) is 17.8. The summed E-state index contributed by atoms with van der Waals surface area (Å²) < 4.78 is 111. The number of thiophene rings is 1. The molecule has 0 saturated carbocycles. The third kappa shape index (κ3) is 8.33. The SMILES string of the molecule is [2H]C([2H])([2H])C([2H])(C)N([C@H](CO)c1ccc([C@@H](CC(=O)[C@@H](NC(=O)OC)C(c2ccccc2)c2ccccc2)C(F)(F)F)s1)S(=O)(=O)c1ccc2[nH]ncc2c1. The molecule has 1 unspecified atom stereocenters. The molecule has 5 aromatic rings. The Hall–Kier alpha value is -4.57. The van der Waals surface area contributed by atoms with Gasteiger partial charge in [-0.1, -0.05) is 60.7 Å². The van der Waals surface area contributed by atoms with Gasteiger partial charge >= 0.3 is 12.3 Å². The molecule has 3 aromatic carbocycles. The fourth-order valence-corrected chi connectivity index (χ4v) is 8.84. The second-order valence-corrected chi connectivity index (χ2v) is 14.6. The Balaban J connectivity index is 1.57. The zero-order valence-electron chi connectivity index (χ0n) is 31.3. The highest BCUT2D eigenvalue weighted by Crippen LogP contribution is 2.44. The highest BCUT2D eigenvalue weighted by molar-refractivity contribution is 7.89. The van der Waals surface area contributed by atoms with Crippen molar-refractivity contribution >= 4 is 44.1 Å². The number of hydrogen-bond acceptors (Lipinski definition) is 8. The number of benzene rings is 3. The van der Waals surface area contributed by atoms with Crippen molar-refractivity contribution in [2.75, 3.05) is 13.7 Å². The molecule has 0 aliphatic heterocycles. The van der Waals surface area contributed by atoms with Crippen molar-refractivity contribution < 1.29 is 46.5 Å². The lowest BCUT2D eigenvalue weighted by molar-refractivity contribution is -0.156. The van der Waals surface area contributed by atoms with Crippen LogP contribution in [0.3, 0.4) is 0 Å². The van der Waals surface area contributed by atoms with E-state index in [0.29, 0.717) is 33.4 Å². The summed E-state index contributed by atoms with van der Waals surface area (Å²) in [4.78, 5) is 25.6. The molecule has 0 radical (unpaired) electrons. The van der Waals surface area contributed by atoms with E-state index < -0.39 is 87.7 Å². The normalized spacial score (nSPS) is 16.7. The first-order chi connectivity index (χ1) is 25.8. The van der Waals surface area contributed by atoms with Crippen LogP contribution in [-0.4, -0.2) is 71.9 Å². The van der Waals surface area contributed by atoms with Gasteiger partial charge in [0.1, 0.15) is 6.04 Å².